The molecule has 0 aliphatic carbocycles. The van der Waals surface area contributed by atoms with Crippen molar-refractivity contribution in [3.63, 3.8) is 0 Å². The number of hydrogen-bond acceptors (Lipinski definition) is 4. The highest BCUT2D eigenvalue weighted by atomic mass is 32.2. The van der Waals surface area contributed by atoms with E-state index in [9.17, 15) is 8.42 Å². The van der Waals surface area contributed by atoms with Crippen molar-refractivity contribution >= 4 is 10.0 Å². The molecule has 5 nitrogen and oxygen atoms in total. The molecule has 1 aromatic heterocycles. The normalized spacial score (nSPS) is 11.6. The molecule has 0 aliphatic rings. The lowest BCUT2D eigenvalue weighted by Crippen LogP contribution is -2.34. The van der Waals surface area contributed by atoms with E-state index in [1.165, 1.54) is 0 Å². The highest BCUT2D eigenvalue weighted by Crippen LogP contribution is 1.99. The molecule has 0 bridgehead atoms. The molecule has 0 aliphatic heterocycles. The number of sulfonamides is 1. The summed E-state index contributed by atoms with van der Waals surface area (Å²) in [6, 6.07) is 3.66. The second-order valence-corrected chi connectivity index (χ2v) is 6.00. The number of nitrogens with one attached hydrogen (secondary N) is 2. The zero-order valence-electron chi connectivity index (χ0n) is 10.7. The fraction of sp³-hybridized carbons (Fsp3) is 0.583. The molecule has 0 atom stereocenters. The molecule has 0 aromatic carbocycles. The molecule has 102 valence electrons. The first-order valence-corrected chi connectivity index (χ1v) is 7.86. The first-order valence-electron chi connectivity index (χ1n) is 6.21. The van der Waals surface area contributed by atoms with Crippen molar-refractivity contribution in [1.82, 2.24) is 15.0 Å². The van der Waals surface area contributed by atoms with Crippen molar-refractivity contribution in [1.29, 1.82) is 0 Å². The SMILES string of the molecule is CCCNCCNS(=O)(=O)CCc1ccncc1. The van der Waals surface area contributed by atoms with Gasteiger partial charge in [0.05, 0.1) is 5.75 Å². The average Bonchev–Trinajstić information content (AvgIpc) is 2.38. The monoisotopic (exact) mass is 271 g/mol. The van der Waals surface area contributed by atoms with Crippen LogP contribution in [0.25, 0.3) is 0 Å². The Morgan fingerprint density at radius 1 is 1.17 bits per heavy atom. The summed E-state index contributed by atoms with van der Waals surface area (Å²) < 4.78 is 25.9. The molecule has 1 rings (SSSR count). The Morgan fingerprint density at radius 3 is 2.56 bits per heavy atom. The third kappa shape index (κ3) is 6.68. The molecule has 0 amide bonds. The number of pyridine rings is 1. The zero-order chi connectivity index (χ0) is 13.3. The van der Waals surface area contributed by atoms with Gasteiger partial charge in [0, 0.05) is 25.5 Å². The first kappa shape index (κ1) is 15.1. The quantitative estimate of drug-likeness (QED) is 0.643. The van der Waals surface area contributed by atoms with Gasteiger partial charge >= 0.3 is 0 Å². The summed E-state index contributed by atoms with van der Waals surface area (Å²) in [4.78, 5) is 3.89. The van der Waals surface area contributed by atoms with Crippen LogP contribution in [0.15, 0.2) is 24.5 Å². The maximum atomic E-state index is 11.7. The molecule has 0 radical (unpaired) electrons. The third-order valence-electron chi connectivity index (χ3n) is 2.46. The van der Waals surface area contributed by atoms with Crippen LogP contribution in [0, 0.1) is 0 Å². The highest BCUT2D eigenvalue weighted by Gasteiger charge is 2.09. The molecule has 0 spiro atoms. The minimum atomic E-state index is -3.18. The number of nitrogens with zero attached hydrogens (tertiary/aromatic N) is 1. The van der Waals surface area contributed by atoms with Crippen molar-refractivity contribution in [3.05, 3.63) is 30.1 Å². The number of hydrogen-bond donors (Lipinski definition) is 2. The van der Waals surface area contributed by atoms with Gasteiger partial charge in [-0.25, -0.2) is 13.1 Å². The molecule has 1 heterocycles. The maximum Gasteiger partial charge on any atom is 0.211 e. The van der Waals surface area contributed by atoms with Crippen LogP contribution in [0.3, 0.4) is 0 Å². The van der Waals surface area contributed by atoms with E-state index < -0.39 is 10.0 Å². The second kappa shape index (κ2) is 8.18. The van der Waals surface area contributed by atoms with Crippen molar-refractivity contribution in [3.8, 4) is 0 Å². The van der Waals surface area contributed by atoms with Crippen LogP contribution in [0.4, 0.5) is 0 Å². The Bertz CT molecular complexity index is 420. The van der Waals surface area contributed by atoms with E-state index in [1.54, 1.807) is 12.4 Å². The van der Waals surface area contributed by atoms with Crippen LogP contribution in [0.1, 0.15) is 18.9 Å². The third-order valence-corrected chi connectivity index (χ3v) is 3.84. The smallest absolute Gasteiger partial charge is 0.211 e. The molecule has 6 heteroatoms. The Kier molecular flexibility index (Phi) is 6.85. The second-order valence-electron chi connectivity index (χ2n) is 4.07. The standard InChI is InChI=1S/C12H21N3O2S/c1-2-6-13-9-10-15-18(16,17)11-5-12-3-7-14-8-4-12/h3-4,7-8,13,15H,2,5-6,9-11H2,1H3. The molecule has 0 fully saturated rings. The molecule has 18 heavy (non-hydrogen) atoms. The fourth-order valence-corrected chi connectivity index (χ4v) is 2.53. The lowest BCUT2D eigenvalue weighted by atomic mass is 10.2. The summed E-state index contributed by atoms with van der Waals surface area (Å²) >= 11 is 0. The van der Waals surface area contributed by atoms with Gasteiger partial charge in [-0.15, -0.1) is 0 Å². The number of aryl methyl sites for hydroxylation is 1. The molecule has 2 N–H and O–H groups in total. The van der Waals surface area contributed by atoms with Crippen LogP contribution >= 0.6 is 0 Å². The van der Waals surface area contributed by atoms with Gasteiger partial charge in [-0.2, -0.15) is 0 Å². The van der Waals surface area contributed by atoms with Gasteiger partial charge in [0.25, 0.3) is 0 Å². The predicted molar refractivity (Wildman–Crippen MR) is 72.9 cm³/mol. The molecule has 0 saturated carbocycles. The lowest BCUT2D eigenvalue weighted by Gasteiger charge is -2.07. The van der Waals surface area contributed by atoms with Gasteiger partial charge in [0.2, 0.25) is 10.0 Å². The largest absolute Gasteiger partial charge is 0.315 e. The average molecular weight is 271 g/mol. The van der Waals surface area contributed by atoms with Crippen molar-refractivity contribution in [2.75, 3.05) is 25.4 Å². The van der Waals surface area contributed by atoms with Gasteiger partial charge in [-0.05, 0) is 37.1 Å². The maximum absolute atomic E-state index is 11.7. The molecular weight excluding hydrogens is 250 g/mol. The van der Waals surface area contributed by atoms with Crippen LogP contribution in [-0.4, -0.2) is 38.8 Å². The summed E-state index contributed by atoms with van der Waals surface area (Å²) in [5, 5.41) is 3.15. The van der Waals surface area contributed by atoms with Gasteiger partial charge in [-0.1, -0.05) is 6.92 Å². The van der Waals surface area contributed by atoms with Crippen molar-refractivity contribution in [2.45, 2.75) is 19.8 Å². The van der Waals surface area contributed by atoms with Crippen LogP contribution < -0.4 is 10.0 Å². The molecule has 1 aromatic rings. The first-order chi connectivity index (χ1) is 8.64. The molecule has 0 saturated heterocycles. The highest BCUT2D eigenvalue weighted by molar-refractivity contribution is 7.89. The van der Waals surface area contributed by atoms with E-state index in [4.69, 9.17) is 0 Å². The van der Waals surface area contributed by atoms with E-state index in [-0.39, 0.29) is 5.75 Å². The molecule has 0 unspecified atom stereocenters. The Hall–Kier alpha value is -0.980. The van der Waals surface area contributed by atoms with Crippen LogP contribution in [-0.2, 0) is 16.4 Å². The Morgan fingerprint density at radius 2 is 1.89 bits per heavy atom. The fourth-order valence-electron chi connectivity index (χ4n) is 1.47. The van der Waals surface area contributed by atoms with E-state index in [1.807, 2.05) is 12.1 Å². The lowest BCUT2D eigenvalue weighted by molar-refractivity contribution is 0.575. The van der Waals surface area contributed by atoms with Crippen LogP contribution in [0.2, 0.25) is 0 Å². The van der Waals surface area contributed by atoms with Gasteiger partial charge < -0.3 is 5.32 Å². The summed E-state index contributed by atoms with van der Waals surface area (Å²) in [5.74, 6) is 0.116. The summed E-state index contributed by atoms with van der Waals surface area (Å²) in [6.07, 6.45) is 4.91. The summed E-state index contributed by atoms with van der Waals surface area (Å²) in [5.41, 5.74) is 0.986. The van der Waals surface area contributed by atoms with Gasteiger partial charge in [-0.3, -0.25) is 4.98 Å². The Labute approximate surface area is 109 Å². The van der Waals surface area contributed by atoms with E-state index in [0.717, 1.165) is 18.5 Å². The zero-order valence-corrected chi connectivity index (χ0v) is 11.5. The number of aromatic nitrogens is 1. The van der Waals surface area contributed by atoms with Gasteiger partial charge in [0.1, 0.15) is 0 Å². The minimum Gasteiger partial charge on any atom is -0.315 e. The van der Waals surface area contributed by atoms with E-state index in [0.29, 0.717) is 19.5 Å². The number of rotatable bonds is 9. The predicted octanol–water partition coefficient (Wildman–Crippen LogP) is 0.543. The topological polar surface area (TPSA) is 71.1 Å². The summed E-state index contributed by atoms with van der Waals surface area (Å²) in [6.45, 7) is 4.10. The van der Waals surface area contributed by atoms with Crippen LogP contribution in [0.5, 0.6) is 0 Å². The van der Waals surface area contributed by atoms with E-state index >= 15 is 0 Å². The van der Waals surface area contributed by atoms with Crippen molar-refractivity contribution < 1.29 is 8.42 Å². The Balaban J connectivity index is 2.23. The van der Waals surface area contributed by atoms with E-state index in [2.05, 4.69) is 21.9 Å². The van der Waals surface area contributed by atoms with Crippen molar-refractivity contribution in [2.24, 2.45) is 0 Å². The molecular formula is C12H21N3O2S. The van der Waals surface area contributed by atoms with Gasteiger partial charge in [0.15, 0.2) is 0 Å². The summed E-state index contributed by atoms with van der Waals surface area (Å²) in [7, 11) is -3.18. The minimum absolute atomic E-state index is 0.116.